The van der Waals surface area contributed by atoms with Crippen LogP contribution in [0.2, 0.25) is 0 Å². The number of aromatic nitrogens is 2. The van der Waals surface area contributed by atoms with Crippen molar-refractivity contribution in [2.75, 3.05) is 12.4 Å². The Balaban J connectivity index is 2.58. The second-order valence-corrected chi connectivity index (χ2v) is 4.52. The summed E-state index contributed by atoms with van der Waals surface area (Å²) in [5.74, 6) is -1.13. The minimum atomic E-state index is -4.79. The fraction of sp³-hybridized carbons (Fsp3) is 0.133. The van der Waals surface area contributed by atoms with E-state index in [1.807, 2.05) is 0 Å². The highest BCUT2D eigenvalue weighted by Crippen LogP contribution is 2.28. The highest BCUT2D eigenvalue weighted by atomic mass is 19.4. The van der Waals surface area contributed by atoms with Crippen LogP contribution in [0.25, 0.3) is 6.20 Å². The molecule has 0 radical (unpaired) electrons. The van der Waals surface area contributed by atoms with Crippen LogP contribution in [0.3, 0.4) is 0 Å². The largest absolute Gasteiger partial charge is 0.465 e. The quantitative estimate of drug-likeness (QED) is 0.867. The van der Waals surface area contributed by atoms with Gasteiger partial charge >= 0.3 is 12.1 Å². The van der Waals surface area contributed by atoms with Crippen molar-refractivity contribution in [1.82, 2.24) is 9.55 Å². The zero-order valence-electron chi connectivity index (χ0n) is 12.4. The number of carbonyl (C=O) groups excluding carboxylic acids is 1. The van der Waals surface area contributed by atoms with Gasteiger partial charge in [-0.1, -0.05) is 18.7 Å². The number of nitrogens with zero attached hydrogens (tertiary/aromatic N) is 2. The molecule has 0 unspecified atom stereocenters. The minimum absolute atomic E-state index is 0.0715. The first kappa shape index (κ1) is 17.3. The maximum absolute atomic E-state index is 12.8. The van der Waals surface area contributed by atoms with Gasteiger partial charge in [0, 0.05) is 12.3 Å². The molecule has 2 aromatic rings. The molecule has 9 heteroatoms. The molecule has 0 saturated carbocycles. The van der Waals surface area contributed by atoms with Crippen LogP contribution in [0.1, 0.15) is 16.1 Å². The number of esters is 1. The average molecular weight is 339 g/mol. The molecule has 126 valence electrons. The summed E-state index contributed by atoms with van der Waals surface area (Å²) in [4.78, 5) is 26.9. The van der Waals surface area contributed by atoms with Crippen molar-refractivity contribution in [2.24, 2.45) is 0 Å². The summed E-state index contributed by atoms with van der Waals surface area (Å²) in [7, 11) is 1.17. The molecule has 24 heavy (non-hydrogen) atoms. The van der Waals surface area contributed by atoms with Gasteiger partial charge in [-0.2, -0.15) is 13.2 Å². The van der Waals surface area contributed by atoms with Crippen molar-refractivity contribution in [1.29, 1.82) is 0 Å². The van der Waals surface area contributed by atoms with Gasteiger partial charge in [0.1, 0.15) is 0 Å². The van der Waals surface area contributed by atoms with Gasteiger partial charge in [-0.25, -0.2) is 9.78 Å². The first-order chi connectivity index (χ1) is 11.3. The van der Waals surface area contributed by atoms with E-state index in [0.717, 1.165) is 10.8 Å². The lowest BCUT2D eigenvalue weighted by Gasteiger charge is -2.14. The van der Waals surface area contributed by atoms with Crippen LogP contribution in [0.5, 0.6) is 0 Å². The summed E-state index contributed by atoms with van der Waals surface area (Å²) in [6.07, 6.45) is -3.78. The number of nitrogens with one attached hydrogen (secondary N) is 1. The van der Waals surface area contributed by atoms with Crippen LogP contribution in [-0.2, 0) is 10.9 Å². The number of ether oxygens (including phenoxy) is 1. The summed E-state index contributed by atoms with van der Waals surface area (Å²) in [5, 5.41) is 2.54. The van der Waals surface area contributed by atoms with Crippen molar-refractivity contribution in [3.8, 4) is 0 Å². The van der Waals surface area contributed by atoms with Crippen LogP contribution >= 0.6 is 0 Å². The predicted molar refractivity (Wildman–Crippen MR) is 81.0 cm³/mol. The van der Waals surface area contributed by atoms with E-state index in [4.69, 9.17) is 0 Å². The Bertz CT molecular complexity index is 844. The molecule has 1 aromatic heterocycles. The van der Waals surface area contributed by atoms with Crippen LogP contribution in [0, 0.1) is 0 Å². The van der Waals surface area contributed by atoms with E-state index in [1.54, 1.807) is 12.1 Å². The molecule has 0 aliphatic heterocycles. The highest BCUT2D eigenvalue weighted by Gasteiger charge is 2.34. The average Bonchev–Trinajstić information content (AvgIpc) is 2.53. The molecule has 0 fully saturated rings. The fourth-order valence-electron chi connectivity index (χ4n) is 1.90. The first-order valence-corrected chi connectivity index (χ1v) is 6.55. The molecule has 0 aliphatic carbocycles. The van der Waals surface area contributed by atoms with E-state index < -0.39 is 29.3 Å². The number of hydrogen-bond donors (Lipinski definition) is 1. The minimum Gasteiger partial charge on any atom is -0.465 e. The SMILES string of the molecule is C=Cn1c(Nc2ccccc2C(=O)OC)nc(C(F)(F)F)cc1=O. The van der Waals surface area contributed by atoms with E-state index in [9.17, 15) is 22.8 Å². The van der Waals surface area contributed by atoms with Crippen molar-refractivity contribution in [2.45, 2.75) is 6.18 Å². The van der Waals surface area contributed by atoms with Crippen molar-refractivity contribution >= 4 is 23.8 Å². The molecule has 1 heterocycles. The molecule has 0 spiro atoms. The highest BCUT2D eigenvalue weighted by molar-refractivity contribution is 5.96. The third-order valence-corrected chi connectivity index (χ3v) is 3.00. The third-order valence-electron chi connectivity index (χ3n) is 3.00. The summed E-state index contributed by atoms with van der Waals surface area (Å²) >= 11 is 0. The number of carbonyl (C=O) groups is 1. The summed E-state index contributed by atoms with van der Waals surface area (Å²) in [6, 6.07) is 6.32. The van der Waals surface area contributed by atoms with E-state index in [-0.39, 0.29) is 11.3 Å². The van der Waals surface area contributed by atoms with Gasteiger partial charge in [-0.15, -0.1) is 0 Å². The molecule has 0 atom stereocenters. The predicted octanol–water partition coefficient (Wildman–Crippen LogP) is 2.89. The van der Waals surface area contributed by atoms with Gasteiger partial charge in [0.25, 0.3) is 5.56 Å². The van der Waals surface area contributed by atoms with Crippen LogP contribution < -0.4 is 10.9 Å². The van der Waals surface area contributed by atoms with Crippen molar-refractivity contribution < 1.29 is 22.7 Å². The fourth-order valence-corrected chi connectivity index (χ4v) is 1.90. The standard InChI is InChI=1S/C15H12F3N3O3/c1-3-21-12(22)8-11(15(16,17)18)20-14(21)19-10-7-5-4-6-9(10)13(23)24-2/h3-8H,1H2,2H3,(H,19,20). The molecular weight excluding hydrogens is 327 g/mol. The maximum atomic E-state index is 12.8. The molecule has 2 rings (SSSR count). The lowest BCUT2D eigenvalue weighted by molar-refractivity contribution is -0.141. The molecule has 1 aromatic carbocycles. The van der Waals surface area contributed by atoms with Gasteiger partial charge in [-0.05, 0) is 12.1 Å². The molecule has 1 N–H and O–H groups in total. The normalized spacial score (nSPS) is 11.0. The van der Waals surface area contributed by atoms with Crippen LogP contribution in [0.4, 0.5) is 24.8 Å². The topological polar surface area (TPSA) is 73.2 Å². The molecule has 6 nitrogen and oxygen atoms in total. The van der Waals surface area contributed by atoms with Gasteiger partial charge < -0.3 is 10.1 Å². The Hall–Kier alpha value is -3.10. The first-order valence-electron chi connectivity index (χ1n) is 6.55. The van der Waals surface area contributed by atoms with Crippen molar-refractivity contribution in [3.05, 3.63) is 58.5 Å². The number of halogens is 3. The number of anilines is 2. The summed E-state index contributed by atoms with van der Waals surface area (Å²) in [6.45, 7) is 3.37. The molecular formula is C15H12F3N3O3. The Kier molecular flexibility index (Phi) is 4.72. The monoisotopic (exact) mass is 339 g/mol. The van der Waals surface area contributed by atoms with Crippen LogP contribution in [0.15, 0.2) is 41.7 Å². The lowest BCUT2D eigenvalue weighted by atomic mass is 10.2. The second-order valence-electron chi connectivity index (χ2n) is 4.52. The molecule has 0 aliphatic rings. The maximum Gasteiger partial charge on any atom is 0.433 e. The Morgan fingerprint density at radius 1 is 1.38 bits per heavy atom. The summed E-state index contributed by atoms with van der Waals surface area (Å²) in [5.41, 5.74) is -2.12. The van der Waals surface area contributed by atoms with Crippen LogP contribution in [-0.4, -0.2) is 22.6 Å². The molecule has 0 amide bonds. The smallest absolute Gasteiger partial charge is 0.433 e. The van der Waals surface area contributed by atoms with E-state index >= 15 is 0 Å². The Morgan fingerprint density at radius 3 is 2.62 bits per heavy atom. The number of benzene rings is 1. The van der Waals surface area contributed by atoms with E-state index in [2.05, 4.69) is 21.6 Å². The van der Waals surface area contributed by atoms with Crippen molar-refractivity contribution in [3.63, 3.8) is 0 Å². The third kappa shape index (κ3) is 3.45. The van der Waals surface area contributed by atoms with Gasteiger partial charge in [-0.3, -0.25) is 9.36 Å². The Labute approximate surface area is 134 Å². The zero-order valence-corrected chi connectivity index (χ0v) is 12.4. The number of hydrogen-bond acceptors (Lipinski definition) is 5. The molecule has 0 saturated heterocycles. The number of methoxy groups -OCH3 is 1. The Morgan fingerprint density at radius 2 is 2.04 bits per heavy atom. The second kappa shape index (κ2) is 6.57. The van der Waals surface area contributed by atoms with Gasteiger partial charge in [0.15, 0.2) is 5.69 Å². The molecule has 0 bridgehead atoms. The number of alkyl halides is 3. The van der Waals surface area contributed by atoms with E-state index in [0.29, 0.717) is 6.07 Å². The lowest BCUT2D eigenvalue weighted by Crippen LogP contribution is -2.24. The van der Waals surface area contributed by atoms with Gasteiger partial charge in [0.05, 0.1) is 18.4 Å². The van der Waals surface area contributed by atoms with Gasteiger partial charge in [0.2, 0.25) is 5.95 Å². The van der Waals surface area contributed by atoms with E-state index in [1.165, 1.54) is 19.2 Å². The number of para-hydroxylation sites is 1. The zero-order chi connectivity index (χ0) is 17.9. The number of rotatable bonds is 4. The summed E-state index contributed by atoms with van der Waals surface area (Å²) < 4.78 is 43.9.